The Kier molecular flexibility index (Phi) is 5.79. The van der Waals surface area contributed by atoms with E-state index in [1.807, 2.05) is 32.0 Å². The van der Waals surface area contributed by atoms with Crippen molar-refractivity contribution in [2.75, 3.05) is 0 Å². The zero-order valence-electron chi connectivity index (χ0n) is 11.1. The SMILES string of the molecule is CC[C@H](C)NCc1cc(Cl)ccc1OC(C)C. The highest BCUT2D eigenvalue weighted by Crippen LogP contribution is 2.24. The van der Waals surface area contributed by atoms with Crippen molar-refractivity contribution in [2.24, 2.45) is 0 Å². The third-order valence-electron chi connectivity index (χ3n) is 2.64. The predicted molar refractivity (Wildman–Crippen MR) is 73.8 cm³/mol. The van der Waals surface area contributed by atoms with Gasteiger partial charge in [-0.3, -0.25) is 0 Å². The summed E-state index contributed by atoms with van der Waals surface area (Å²) in [6.45, 7) is 9.19. The van der Waals surface area contributed by atoms with Gasteiger partial charge in [-0.15, -0.1) is 0 Å². The molecule has 0 radical (unpaired) electrons. The normalized spacial score (nSPS) is 12.8. The molecule has 0 amide bonds. The van der Waals surface area contributed by atoms with E-state index in [0.29, 0.717) is 6.04 Å². The monoisotopic (exact) mass is 255 g/mol. The van der Waals surface area contributed by atoms with Crippen LogP contribution in [-0.4, -0.2) is 12.1 Å². The van der Waals surface area contributed by atoms with Crippen LogP contribution in [0, 0.1) is 0 Å². The molecule has 0 aliphatic rings. The molecule has 0 saturated carbocycles. The Morgan fingerprint density at radius 3 is 2.59 bits per heavy atom. The number of hydrogen-bond acceptors (Lipinski definition) is 2. The van der Waals surface area contributed by atoms with Crippen molar-refractivity contribution in [1.29, 1.82) is 0 Å². The van der Waals surface area contributed by atoms with Crippen LogP contribution >= 0.6 is 11.6 Å². The molecule has 1 rings (SSSR count). The van der Waals surface area contributed by atoms with Crippen molar-refractivity contribution in [3.05, 3.63) is 28.8 Å². The second-order valence-electron chi connectivity index (χ2n) is 4.61. The molecule has 0 bridgehead atoms. The zero-order valence-corrected chi connectivity index (χ0v) is 11.8. The molecule has 0 heterocycles. The summed E-state index contributed by atoms with van der Waals surface area (Å²) in [5, 5.41) is 4.20. The van der Waals surface area contributed by atoms with Crippen LogP contribution in [-0.2, 0) is 6.54 Å². The Morgan fingerprint density at radius 1 is 1.29 bits per heavy atom. The summed E-state index contributed by atoms with van der Waals surface area (Å²) in [6.07, 6.45) is 1.29. The Hall–Kier alpha value is -0.730. The van der Waals surface area contributed by atoms with Crippen molar-refractivity contribution < 1.29 is 4.74 Å². The Balaban J connectivity index is 2.76. The van der Waals surface area contributed by atoms with Gasteiger partial charge in [-0.1, -0.05) is 18.5 Å². The van der Waals surface area contributed by atoms with E-state index in [0.717, 1.165) is 29.3 Å². The average molecular weight is 256 g/mol. The van der Waals surface area contributed by atoms with Crippen molar-refractivity contribution >= 4 is 11.6 Å². The Bertz CT molecular complexity index is 352. The summed E-state index contributed by atoms with van der Waals surface area (Å²) in [5.41, 5.74) is 1.12. The molecular formula is C14H22ClNO. The average Bonchev–Trinajstić information content (AvgIpc) is 2.28. The molecular weight excluding hydrogens is 234 g/mol. The number of ether oxygens (including phenoxy) is 1. The number of rotatable bonds is 6. The third-order valence-corrected chi connectivity index (χ3v) is 2.87. The lowest BCUT2D eigenvalue weighted by molar-refractivity contribution is 0.239. The second-order valence-corrected chi connectivity index (χ2v) is 5.05. The summed E-state index contributed by atoms with van der Waals surface area (Å²) in [4.78, 5) is 0. The number of hydrogen-bond donors (Lipinski definition) is 1. The maximum atomic E-state index is 6.02. The van der Waals surface area contributed by atoms with Gasteiger partial charge in [0.2, 0.25) is 0 Å². The van der Waals surface area contributed by atoms with E-state index >= 15 is 0 Å². The maximum absolute atomic E-state index is 6.02. The molecule has 0 saturated heterocycles. The number of nitrogens with one attached hydrogen (secondary N) is 1. The van der Waals surface area contributed by atoms with Crippen LogP contribution in [0.25, 0.3) is 0 Å². The molecule has 0 aliphatic heterocycles. The largest absolute Gasteiger partial charge is 0.491 e. The first-order chi connectivity index (χ1) is 8.02. The molecule has 3 heteroatoms. The van der Waals surface area contributed by atoms with Crippen LogP contribution in [0.3, 0.4) is 0 Å². The summed E-state index contributed by atoms with van der Waals surface area (Å²) < 4.78 is 5.77. The number of halogens is 1. The highest BCUT2D eigenvalue weighted by atomic mass is 35.5. The van der Waals surface area contributed by atoms with Crippen LogP contribution in [0.5, 0.6) is 5.75 Å². The van der Waals surface area contributed by atoms with Crippen molar-refractivity contribution in [3.63, 3.8) is 0 Å². The Morgan fingerprint density at radius 2 is 2.00 bits per heavy atom. The van der Waals surface area contributed by atoms with Gasteiger partial charge in [-0.05, 0) is 45.4 Å². The van der Waals surface area contributed by atoms with E-state index in [4.69, 9.17) is 16.3 Å². The summed E-state index contributed by atoms with van der Waals surface area (Å²) in [6, 6.07) is 6.28. The van der Waals surface area contributed by atoms with Gasteiger partial charge >= 0.3 is 0 Å². The van der Waals surface area contributed by atoms with Gasteiger partial charge in [-0.2, -0.15) is 0 Å². The van der Waals surface area contributed by atoms with E-state index in [2.05, 4.69) is 19.2 Å². The highest BCUT2D eigenvalue weighted by Gasteiger charge is 2.07. The van der Waals surface area contributed by atoms with Crippen LogP contribution < -0.4 is 10.1 Å². The highest BCUT2D eigenvalue weighted by molar-refractivity contribution is 6.30. The predicted octanol–water partition coefficient (Wildman–Crippen LogP) is 4.02. The first kappa shape index (κ1) is 14.3. The molecule has 1 atom stereocenters. The Labute approximate surface area is 109 Å². The lowest BCUT2D eigenvalue weighted by Crippen LogP contribution is -2.25. The molecule has 0 aromatic heterocycles. The van der Waals surface area contributed by atoms with E-state index in [-0.39, 0.29) is 6.10 Å². The fraction of sp³-hybridized carbons (Fsp3) is 0.571. The first-order valence-corrected chi connectivity index (χ1v) is 6.59. The van der Waals surface area contributed by atoms with E-state index in [9.17, 15) is 0 Å². The fourth-order valence-electron chi connectivity index (χ4n) is 1.48. The van der Waals surface area contributed by atoms with Gasteiger partial charge in [0.25, 0.3) is 0 Å². The van der Waals surface area contributed by atoms with E-state index in [1.165, 1.54) is 0 Å². The van der Waals surface area contributed by atoms with Gasteiger partial charge in [0.1, 0.15) is 5.75 Å². The molecule has 0 fully saturated rings. The van der Waals surface area contributed by atoms with Crippen LogP contribution in [0.2, 0.25) is 5.02 Å². The quantitative estimate of drug-likeness (QED) is 0.829. The molecule has 2 nitrogen and oxygen atoms in total. The summed E-state index contributed by atoms with van der Waals surface area (Å²) >= 11 is 6.02. The smallest absolute Gasteiger partial charge is 0.124 e. The van der Waals surface area contributed by atoms with Crippen LogP contribution in [0.4, 0.5) is 0 Å². The van der Waals surface area contributed by atoms with E-state index in [1.54, 1.807) is 0 Å². The molecule has 1 aromatic carbocycles. The number of benzene rings is 1. The summed E-state index contributed by atoms with van der Waals surface area (Å²) in [5.74, 6) is 0.917. The summed E-state index contributed by atoms with van der Waals surface area (Å²) in [7, 11) is 0. The molecule has 1 N–H and O–H groups in total. The second kappa shape index (κ2) is 6.87. The van der Waals surface area contributed by atoms with Crippen molar-refractivity contribution in [2.45, 2.75) is 52.8 Å². The van der Waals surface area contributed by atoms with Gasteiger partial charge in [0.15, 0.2) is 0 Å². The minimum Gasteiger partial charge on any atom is -0.491 e. The van der Waals surface area contributed by atoms with Crippen molar-refractivity contribution in [3.8, 4) is 5.75 Å². The first-order valence-electron chi connectivity index (χ1n) is 6.21. The molecule has 96 valence electrons. The van der Waals surface area contributed by atoms with Gasteiger partial charge in [-0.25, -0.2) is 0 Å². The van der Waals surface area contributed by atoms with Gasteiger partial charge in [0.05, 0.1) is 6.10 Å². The van der Waals surface area contributed by atoms with E-state index < -0.39 is 0 Å². The molecule has 0 aliphatic carbocycles. The van der Waals surface area contributed by atoms with Crippen LogP contribution in [0.15, 0.2) is 18.2 Å². The van der Waals surface area contributed by atoms with Gasteiger partial charge in [0, 0.05) is 23.2 Å². The standard InChI is InChI=1S/C14H22ClNO/c1-5-11(4)16-9-12-8-13(15)6-7-14(12)17-10(2)3/h6-8,10-11,16H,5,9H2,1-4H3/t11-/m0/s1. The zero-order chi connectivity index (χ0) is 12.8. The topological polar surface area (TPSA) is 21.3 Å². The fourth-order valence-corrected chi connectivity index (χ4v) is 1.68. The molecule has 0 spiro atoms. The molecule has 1 aromatic rings. The van der Waals surface area contributed by atoms with Gasteiger partial charge < -0.3 is 10.1 Å². The maximum Gasteiger partial charge on any atom is 0.124 e. The lowest BCUT2D eigenvalue weighted by atomic mass is 10.1. The minimum atomic E-state index is 0.179. The van der Waals surface area contributed by atoms with Crippen molar-refractivity contribution in [1.82, 2.24) is 5.32 Å². The lowest BCUT2D eigenvalue weighted by Gasteiger charge is -2.17. The molecule has 17 heavy (non-hydrogen) atoms. The van der Waals surface area contributed by atoms with Crippen LogP contribution in [0.1, 0.15) is 39.7 Å². The molecule has 0 unspecified atom stereocenters. The third kappa shape index (κ3) is 4.97. The minimum absolute atomic E-state index is 0.179.